The highest BCUT2D eigenvalue weighted by molar-refractivity contribution is 5.70. The van der Waals surface area contributed by atoms with E-state index in [1.165, 1.54) is 0 Å². The van der Waals surface area contributed by atoms with Gasteiger partial charge in [0.25, 0.3) is 0 Å². The highest BCUT2D eigenvalue weighted by Gasteiger charge is 2.16. The van der Waals surface area contributed by atoms with Gasteiger partial charge < -0.3 is 15.7 Å². The van der Waals surface area contributed by atoms with E-state index in [0.29, 0.717) is 5.75 Å². The summed E-state index contributed by atoms with van der Waals surface area (Å²) in [5, 5.41) is 16.5. The Hall–Kier alpha value is -2.16. The quantitative estimate of drug-likeness (QED) is 0.716. The van der Waals surface area contributed by atoms with Crippen molar-refractivity contribution in [2.75, 3.05) is 17.2 Å². The Morgan fingerprint density at radius 3 is 2.67 bits per heavy atom. The van der Waals surface area contributed by atoms with Crippen LogP contribution in [0.15, 0.2) is 48.5 Å². The van der Waals surface area contributed by atoms with Gasteiger partial charge in [-0.3, -0.25) is 0 Å². The molecule has 0 radical (unpaired) electrons. The lowest BCUT2D eigenvalue weighted by Crippen LogP contribution is -2.10. The van der Waals surface area contributed by atoms with Gasteiger partial charge in [-0.25, -0.2) is 0 Å². The highest BCUT2D eigenvalue weighted by Crippen LogP contribution is 2.31. The normalized spacial score (nSPS) is 18.1. The molecule has 3 rings (SSSR count). The number of fused-ring (bicyclic) bond motifs is 1. The Labute approximate surface area is 106 Å². The molecule has 0 unspecified atom stereocenters. The molecule has 3 N–H and O–H groups in total. The Morgan fingerprint density at radius 2 is 1.83 bits per heavy atom. The zero-order valence-electron chi connectivity index (χ0n) is 10.1. The van der Waals surface area contributed by atoms with Gasteiger partial charge in [0.05, 0.1) is 17.4 Å². The van der Waals surface area contributed by atoms with Gasteiger partial charge in [0.15, 0.2) is 0 Å². The number of nitrogens with one attached hydrogen (secondary N) is 2. The van der Waals surface area contributed by atoms with Gasteiger partial charge in [0.1, 0.15) is 5.75 Å². The van der Waals surface area contributed by atoms with E-state index in [9.17, 15) is 5.11 Å². The fraction of sp³-hybridized carbons (Fsp3) is 0.200. The minimum Gasteiger partial charge on any atom is -0.508 e. The minimum absolute atomic E-state index is 0.230. The smallest absolute Gasteiger partial charge is 0.115 e. The second kappa shape index (κ2) is 4.61. The predicted octanol–water partition coefficient (Wildman–Crippen LogP) is 3.36. The molecule has 1 heterocycles. The number of benzene rings is 2. The third-order valence-corrected chi connectivity index (χ3v) is 3.28. The summed E-state index contributed by atoms with van der Waals surface area (Å²) in [6, 6.07) is 15.9. The Bertz CT molecular complexity index is 554. The van der Waals surface area contributed by atoms with Crippen molar-refractivity contribution in [3.8, 4) is 5.75 Å². The first-order valence-electron chi connectivity index (χ1n) is 6.21. The number of anilines is 2. The summed E-state index contributed by atoms with van der Waals surface area (Å²) >= 11 is 0. The SMILES string of the molecule is Oc1cccc([C@H]2CCNc3ccccc3N2)c1. The van der Waals surface area contributed by atoms with Gasteiger partial charge >= 0.3 is 0 Å². The highest BCUT2D eigenvalue weighted by atomic mass is 16.3. The average Bonchev–Trinajstić information content (AvgIpc) is 2.60. The van der Waals surface area contributed by atoms with E-state index in [0.717, 1.165) is 29.9 Å². The van der Waals surface area contributed by atoms with Crippen LogP contribution in [-0.4, -0.2) is 11.7 Å². The second-order valence-electron chi connectivity index (χ2n) is 4.55. The zero-order valence-corrected chi connectivity index (χ0v) is 10.1. The molecule has 3 heteroatoms. The van der Waals surface area contributed by atoms with Crippen LogP contribution in [0.25, 0.3) is 0 Å². The number of phenols is 1. The molecule has 0 saturated heterocycles. The van der Waals surface area contributed by atoms with Gasteiger partial charge in [-0.1, -0.05) is 24.3 Å². The zero-order chi connectivity index (χ0) is 12.4. The number of rotatable bonds is 1. The summed E-state index contributed by atoms with van der Waals surface area (Å²) in [6.45, 7) is 0.921. The Morgan fingerprint density at radius 1 is 1.00 bits per heavy atom. The Balaban J connectivity index is 1.91. The van der Waals surface area contributed by atoms with E-state index in [1.54, 1.807) is 6.07 Å². The Kier molecular flexibility index (Phi) is 2.81. The van der Waals surface area contributed by atoms with Gasteiger partial charge in [-0.05, 0) is 36.2 Å². The maximum Gasteiger partial charge on any atom is 0.115 e. The van der Waals surface area contributed by atoms with Crippen LogP contribution < -0.4 is 10.6 Å². The molecule has 0 saturated carbocycles. The van der Waals surface area contributed by atoms with Crippen LogP contribution in [0.3, 0.4) is 0 Å². The lowest BCUT2D eigenvalue weighted by atomic mass is 10.0. The second-order valence-corrected chi connectivity index (χ2v) is 4.55. The van der Waals surface area contributed by atoms with E-state index in [4.69, 9.17) is 0 Å². The third-order valence-electron chi connectivity index (χ3n) is 3.28. The van der Waals surface area contributed by atoms with Crippen molar-refractivity contribution < 1.29 is 5.11 Å². The maximum absolute atomic E-state index is 9.57. The molecule has 1 aliphatic heterocycles. The molecule has 0 bridgehead atoms. The summed E-state index contributed by atoms with van der Waals surface area (Å²) in [5.74, 6) is 0.319. The molecule has 1 atom stereocenters. The molecule has 2 aromatic rings. The molecular weight excluding hydrogens is 224 g/mol. The summed E-state index contributed by atoms with van der Waals surface area (Å²) < 4.78 is 0. The van der Waals surface area contributed by atoms with Crippen LogP contribution >= 0.6 is 0 Å². The lowest BCUT2D eigenvalue weighted by molar-refractivity contribution is 0.474. The molecule has 0 fully saturated rings. The molecule has 0 spiro atoms. The number of aromatic hydroxyl groups is 1. The first kappa shape index (κ1) is 11.0. The largest absolute Gasteiger partial charge is 0.508 e. The van der Waals surface area contributed by atoms with Crippen molar-refractivity contribution in [2.24, 2.45) is 0 Å². The molecule has 3 nitrogen and oxygen atoms in total. The van der Waals surface area contributed by atoms with Crippen molar-refractivity contribution >= 4 is 11.4 Å². The third kappa shape index (κ3) is 2.12. The summed E-state index contributed by atoms with van der Waals surface area (Å²) in [4.78, 5) is 0. The lowest BCUT2D eigenvalue weighted by Gasteiger charge is -2.18. The first-order chi connectivity index (χ1) is 8.83. The van der Waals surface area contributed by atoms with Crippen molar-refractivity contribution in [2.45, 2.75) is 12.5 Å². The van der Waals surface area contributed by atoms with Crippen LogP contribution in [0.4, 0.5) is 11.4 Å². The van der Waals surface area contributed by atoms with Gasteiger partial charge in [-0.2, -0.15) is 0 Å². The number of phenolic OH excluding ortho intramolecular Hbond substituents is 1. The molecular formula is C15H16N2O. The predicted molar refractivity (Wildman–Crippen MR) is 74.0 cm³/mol. The molecule has 18 heavy (non-hydrogen) atoms. The molecule has 0 aromatic heterocycles. The van der Waals surface area contributed by atoms with E-state index >= 15 is 0 Å². The number of hydrogen-bond acceptors (Lipinski definition) is 3. The molecule has 92 valence electrons. The van der Waals surface area contributed by atoms with Crippen LogP contribution in [0, 0.1) is 0 Å². The number of hydrogen-bond donors (Lipinski definition) is 3. The van der Waals surface area contributed by atoms with Crippen LogP contribution in [0.1, 0.15) is 18.0 Å². The average molecular weight is 240 g/mol. The monoisotopic (exact) mass is 240 g/mol. The minimum atomic E-state index is 0.230. The van der Waals surface area contributed by atoms with Gasteiger partial charge in [0, 0.05) is 6.54 Å². The van der Waals surface area contributed by atoms with Crippen molar-refractivity contribution in [3.05, 3.63) is 54.1 Å². The molecule has 0 amide bonds. The summed E-state index contributed by atoms with van der Waals surface area (Å²) in [7, 11) is 0. The van der Waals surface area contributed by atoms with Crippen LogP contribution in [0.5, 0.6) is 5.75 Å². The van der Waals surface area contributed by atoms with Gasteiger partial charge in [-0.15, -0.1) is 0 Å². The molecule has 0 aliphatic carbocycles. The number of para-hydroxylation sites is 2. The van der Waals surface area contributed by atoms with E-state index in [-0.39, 0.29) is 6.04 Å². The van der Waals surface area contributed by atoms with Crippen molar-refractivity contribution in [1.82, 2.24) is 0 Å². The summed E-state index contributed by atoms with van der Waals surface area (Å²) in [5.41, 5.74) is 3.37. The summed E-state index contributed by atoms with van der Waals surface area (Å²) in [6.07, 6.45) is 0.984. The standard InChI is InChI=1S/C15H16N2O/c18-12-5-3-4-11(10-12)13-8-9-16-14-6-1-2-7-15(14)17-13/h1-7,10,13,16-18H,8-9H2/t13-/m1/s1. The van der Waals surface area contributed by atoms with E-state index in [1.807, 2.05) is 30.3 Å². The van der Waals surface area contributed by atoms with Crippen molar-refractivity contribution in [3.63, 3.8) is 0 Å². The molecule has 2 aromatic carbocycles. The fourth-order valence-electron chi connectivity index (χ4n) is 2.37. The van der Waals surface area contributed by atoms with Crippen molar-refractivity contribution in [1.29, 1.82) is 0 Å². The van der Waals surface area contributed by atoms with Crippen LogP contribution in [0.2, 0.25) is 0 Å². The molecule has 1 aliphatic rings. The topological polar surface area (TPSA) is 44.3 Å². The first-order valence-corrected chi connectivity index (χ1v) is 6.21. The maximum atomic E-state index is 9.57. The fourth-order valence-corrected chi connectivity index (χ4v) is 2.37. The van der Waals surface area contributed by atoms with E-state index in [2.05, 4.69) is 22.8 Å². The van der Waals surface area contributed by atoms with Gasteiger partial charge in [0.2, 0.25) is 0 Å². The van der Waals surface area contributed by atoms with Crippen LogP contribution in [-0.2, 0) is 0 Å². The van der Waals surface area contributed by atoms with E-state index < -0.39 is 0 Å².